The Bertz CT molecular complexity index is 1910. The maximum absolute atomic E-state index is 12.3. The quantitative estimate of drug-likeness (QED) is 0.165. The lowest BCUT2D eigenvalue weighted by atomic mass is 9.46. The average molecular weight is 762 g/mol. The summed E-state index contributed by atoms with van der Waals surface area (Å²) in [5.74, 6) is 5.49. The van der Waals surface area contributed by atoms with Crippen LogP contribution in [0.15, 0.2) is 54.6 Å². The van der Waals surface area contributed by atoms with E-state index in [1.807, 2.05) is 7.11 Å². The first-order valence-corrected chi connectivity index (χ1v) is 23.2. The van der Waals surface area contributed by atoms with Gasteiger partial charge in [0.25, 0.3) is 0 Å². The van der Waals surface area contributed by atoms with Crippen LogP contribution in [0.25, 0.3) is 21.5 Å². The smallest absolute Gasteiger partial charge is 0.0805 e. The van der Waals surface area contributed by atoms with Crippen LogP contribution < -0.4 is 0 Å². The SMILES string of the molecule is COCCCC(CC1CCC2(C1)CC1(C)C(CC2O)C(O)CC2C3CCC4C(CN5CC(C)CCC5C4(C)O)C3CC21)c1ccc2cc3ccccc3cc2c1. The highest BCUT2D eigenvalue weighted by Gasteiger charge is 2.67. The molecule has 0 aromatic heterocycles. The number of methoxy groups -OCH3 is 1. The van der Waals surface area contributed by atoms with Gasteiger partial charge in [0.15, 0.2) is 0 Å². The summed E-state index contributed by atoms with van der Waals surface area (Å²) in [4.78, 5) is 2.71. The highest BCUT2D eigenvalue weighted by Crippen LogP contribution is 2.71. The Balaban J connectivity index is 0.893. The molecule has 0 radical (unpaired) electrons. The van der Waals surface area contributed by atoms with Crippen molar-refractivity contribution < 1.29 is 20.1 Å². The Labute approximate surface area is 337 Å². The van der Waals surface area contributed by atoms with Crippen molar-refractivity contribution in [1.82, 2.24) is 4.90 Å². The van der Waals surface area contributed by atoms with Gasteiger partial charge in [-0.1, -0.05) is 56.3 Å². The zero-order valence-electron chi connectivity index (χ0n) is 34.9. The molecule has 0 amide bonds. The predicted octanol–water partition coefficient (Wildman–Crippen LogP) is 9.98. The van der Waals surface area contributed by atoms with Crippen LogP contribution in [-0.2, 0) is 4.74 Å². The number of hydrogen-bond donors (Lipinski definition) is 3. The van der Waals surface area contributed by atoms with Gasteiger partial charge in [-0.2, -0.15) is 0 Å². The zero-order chi connectivity index (χ0) is 38.6. The molecule has 5 saturated carbocycles. The lowest BCUT2D eigenvalue weighted by Gasteiger charge is -2.60. The number of hydrogen-bond acceptors (Lipinski definition) is 5. The van der Waals surface area contributed by atoms with E-state index < -0.39 is 5.60 Å². The standard InChI is InChI=1S/C51H71NO4/c1-31-11-16-47-50(3,55)43-15-14-39-40(42(43)29-52(47)28-31)24-44-41(39)25-46(53)45-26-48(54)51(30-49(44,45)2)18-17-32(27-51)20-33(10-7-19-56-4)36-12-13-37-21-34-8-5-6-9-35(34)22-38(37)23-36/h5-6,8-9,12-13,21-23,31-33,39-48,53-55H,7,10-11,14-20,24-30H2,1-4H3. The minimum atomic E-state index is -0.603. The fourth-order valence-corrected chi connectivity index (χ4v) is 16.4. The van der Waals surface area contributed by atoms with Crippen molar-refractivity contribution in [1.29, 1.82) is 0 Å². The average Bonchev–Trinajstić information content (AvgIpc) is 3.76. The number of nitrogens with zero attached hydrogens (tertiary/aromatic N) is 1. The lowest BCUT2D eigenvalue weighted by molar-refractivity contribution is -0.180. The molecule has 5 nitrogen and oxygen atoms in total. The third-order valence-electron chi connectivity index (χ3n) is 18.9. The van der Waals surface area contributed by atoms with Crippen molar-refractivity contribution in [3.8, 4) is 0 Å². The van der Waals surface area contributed by atoms with E-state index in [9.17, 15) is 15.3 Å². The molecule has 2 saturated heterocycles. The summed E-state index contributed by atoms with van der Waals surface area (Å²) in [6, 6.07) is 20.9. The zero-order valence-corrected chi connectivity index (χ0v) is 34.9. The van der Waals surface area contributed by atoms with Gasteiger partial charge in [0.1, 0.15) is 0 Å². The molecule has 3 aromatic carbocycles. The van der Waals surface area contributed by atoms with Gasteiger partial charge in [-0.15, -0.1) is 0 Å². The molecule has 3 N–H and O–H groups in total. The van der Waals surface area contributed by atoms with Gasteiger partial charge in [0.2, 0.25) is 0 Å². The first kappa shape index (κ1) is 38.2. The molecule has 2 aliphatic heterocycles. The molecule has 5 aliphatic carbocycles. The van der Waals surface area contributed by atoms with Crippen LogP contribution in [0.5, 0.6) is 0 Å². The number of rotatable bonds is 7. The van der Waals surface area contributed by atoms with E-state index in [0.29, 0.717) is 59.3 Å². The summed E-state index contributed by atoms with van der Waals surface area (Å²) >= 11 is 0. The fourth-order valence-electron chi connectivity index (χ4n) is 16.4. The fraction of sp³-hybridized carbons (Fsp3) is 0.725. The Kier molecular flexibility index (Phi) is 9.77. The van der Waals surface area contributed by atoms with Gasteiger partial charge in [0.05, 0.1) is 17.8 Å². The van der Waals surface area contributed by atoms with Crippen molar-refractivity contribution in [2.24, 2.45) is 64.1 Å². The van der Waals surface area contributed by atoms with E-state index in [2.05, 4.69) is 80.3 Å². The second kappa shape index (κ2) is 14.3. The summed E-state index contributed by atoms with van der Waals surface area (Å²) in [5, 5.41) is 41.7. The van der Waals surface area contributed by atoms with E-state index in [1.165, 1.54) is 65.8 Å². The van der Waals surface area contributed by atoms with Crippen LogP contribution in [0.3, 0.4) is 0 Å². The van der Waals surface area contributed by atoms with Crippen molar-refractivity contribution in [3.63, 3.8) is 0 Å². The largest absolute Gasteiger partial charge is 0.393 e. The highest BCUT2D eigenvalue weighted by atomic mass is 16.5. The molecule has 7 fully saturated rings. The summed E-state index contributed by atoms with van der Waals surface area (Å²) in [5.41, 5.74) is 0.868. The molecule has 16 unspecified atom stereocenters. The van der Waals surface area contributed by atoms with Crippen LogP contribution in [0.2, 0.25) is 0 Å². The Morgan fingerprint density at radius 1 is 0.786 bits per heavy atom. The third-order valence-corrected chi connectivity index (χ3v) is 18.9. The van der Waals surface area contributed by atoms with Crippen LogP contribution in [0.4, 0.5) is 0 Å². The van der Waals surface area contributed by atoms with Crippen molar-refractivity contribution in [2.75, 3.05) is 26.8 Å². The molecule has 3 aromatic rings. The number of aliphatic hydroxyl groups is 3. The minimum absolute atomic E-state index is 0.0428. The Hall–Kier alpha value is -2.02. The third kappa shape index (κ3) is 6.17. The molecule has 10 rings (SSSR count). The molecule has 304 valence electrons. The monoisotopic (exact) mass is 762 g/mol. The molecule has 7 aliphatic rings. The molecule has 2 heterocycles. The topological polar surface area (TPSA) is 73.2 Å². The van der Waals surface area contributed by atoms with Crippen molar-refractivity contribution in [2.45, 2.75) is 140 Å². The van der Waals surface area contributed by atoms with Gasteiger partial charge in [-0.25, -0.2) is 0 Å². The van der Waals surface area contributed by atoms with Gasteiger partial charge < -0.3 is 20.1 Å². The van der Waals surface area contributed by atoms with Crippen LogP contribution in [0, 0.1) is 64.1 Å². The van der Waals surface area contributed by atoms with Crippen molar-refractivity contribution in [3.05, 3.63) is 60.2 Å². The lowest BCUT2D eigenvalue weighted by Crippen LogP contribution is -2.67. The maximum atomic E-state index is 12.3. The number of fused-ring (bicyclic) bond motifs is 10. The van der Waals surface area contributed by atoms with Gasteiger partial charge in [-0.3, -0.25) is 4.90 Å². The Morgan fingerprint density at radius 2 is 1.57 bits per heavy atom. The second-order valence-corrected chi connectivity index (χ2v) is 21.7. The summed E-state index contributed by atoms with van der Waals surface area (Å²) in [6.45, 7) is 10.3. The molecule has 0 bridgehead atoms. The van der Waals surface area contributed by atoms with Gasteiger partial charge >= 0.3 is 0 Å². The van der Waals surface area contributed by atoms with Gasteiger partial charge in [0, 0.05) is 32.8 Å². The highest BCUT2D eigenvalue weighted by molar-refractivity contribution is 5.98. The second-order valence-electron chi connectivity index (χ2n) is 21.7. The molecule has 5 heteroatoms. The molecule has 1 spiro atoms. The number of piperidine rings is 2. The molecule has 16 atom stereocenters. The minimum Gasteiger partial charge on any atom is -0.393 e. The number of ether oxygens (including phenoxy) is 1. The van der Waals surface area contributed by atoms with Gasteiger partial charge in [-0.05, 0) is 206 Å². The summed E-state index contributed by atoms with van der Waals surface area (Å²) < 4.78 is 5.56. The number of benzene rings is 3. The molecular weight excluding hydrogens is 691 g/mol. The summed E-state index contributed by atoms with van der Waals surface area (Å²) in [7, 11) is 1.82. The van der Waals surface area contributed by atoms with Crippen LogP contribution >= 0.6 is 0 Å². The number of aliphatic hydroxyl groups excluding tert-OH is 2. The summed E-state index contributed by atoms with van der Waals surface area (Å²) in [6.07, 6.45) is 15.0. The normalized spacial score (nSPS) is 45.3. The van der Waals surface area contributed by atoms with E-state index in [-0.39, 0.29) is 29.0 Å². The van der Waals surface area contributed by atoms with E-state index in [1.54, 1.807) is 0 Å². The van der Waals surface area contributed by atoms with E-state index in [4.69, 9.17) is 4.74 Å². The predicted molar refractivity (Wildman–Crippen MR) is 226 cm³/mol. The van der Waals surface area contributed by atoms with Crippen LogP contribution in [-0.4, -0.2) is 70.9 Å². The maximum Gasteiger partial charge on any atom is 0.0805 e. The van der Waals surface area contributed by atoms with E-state index >= 15 is 0 Å². The molecular formula is C51H71NO4. The van der Waals surface area contributed by atoms with Crippen LogP contribution in [0.1, 0.15) is 122 Å². The first-order chi connectivity index (χ1) is 27.0. The first-order valence-electron chi connectivity index (χ1n) is 23.2. The Morgan fingerprint density at radius 3 is 2.38 bits per heavy atom. The van der Waals surface area contributed by atoms with E-state index in [0.717, 1.165) is 70.9 Å². The molecule has 56 heavy (non-hydrogen) atoms. The van der Waals surface area contributed by atoms with Crippen molar-refractivity contribution >= 4 is 21.5 Å².